The summed E-state index contributed by atoms with van der Waals surface area (Å²) in [6.45, 7) is 4.97. The predicted molar refractivity (Wildman–Crippen MR) is 329 cm³/mol. The predicted octanol–water partition coefficient (Wildman–Crippen LogP) is 21.8. The number of unbranched alkanes of at least 4 members (excludes halogenated alkanes) is 49. The molecule has 0 rings (SSSR count). The minimum absolute atomic E-state index is 0.0169. The van der Waals surface area contributed by atoms with Gasteiger partial charge in [0, 0.05) is 12.8 Å². The molecule has 0 aliphatic rings. The Hall–Kier alpha value is -1.66. The molecule has 3 N–H and O–H groups in total. The van der Waals surface area contributed by atoms with Crippen LogP contribution in [0.4, 0.5) is 0 Å². The summed E-state index contributed by atoms with van der Waals surface area (Å²) in [7, 11) is 0. The summed E-state index contributed by atoms with van der Waals surface area (Å²) < 4.78 is 5.49. The van der Waals surface area contributed by atoms with E-state index in [0.717, 1.165) is 44.9 Å². The molecule has 1 amide bonds. The molecule has 0 spiro atoms. The summed E-state index contributed by atoms with van der Waals surface area (Å²) >= 11 is 0. The SMILES string of the molecule is CCCCCCCCCCCCCCCCC(=O)OCCCCCCCCCCC/C=C\C/C=C\CCCCCCCCCCCCCCCCCCCC(=O)NC(CO)C(O)CCCCCCCCCCCCC. The summed E-state index contributed by atoms with van der Waals surface area (Å²) in [4.78, 5) is 24.5. The van der Waals surface area contributed by atoms with Crippen molar-refractivity contribution in [3.63, 3.8) is 0 Å². The highest BCUT2D eigenvalue weighted by Gasteiger charge is 2.20. The minimum atomic E-state index is -0.661. The molecule has 0 fully saturated rings. The van der Waals surface area contributed by atoms with Gasteiger partial charge in [-0.25, -0.2) is 0 Å². The van der Waals surface area contributed by atoms with Gasteiger partial charge in [0.15, 0.2) is 0 Å². The van der Waals surface area contributed by atoms with E-state index in [-0.39, 0.29) is 18.5 Å². The number of ether oxygens (including phenoxy) is 1. The van der Waals surface area contributed by atoms with Gasteiger partial charge in [-0.15, -0.1) is 0 Å². The van der Waals surface area contributed by atoms with Crippen molar-refractivity contribution < 1.29 is 24.5 Å². The van der Waals surface area contributed by atoms with Gasteiger partial charge >= 0.3 is 5.97 Å². The maximum Gasteiger partial charge on any atom is 0.305 e. The Bertz CT molecular complexity index is 1170. The van der Waals surface area contributed by atoms with Crippen LogP contribution in [0, 0.1) is 0 Å². The van der Waals surface area contributed by atoms with Crippen LogP contribution in [0.15, 0.2) is 24.3 Å². The summed E-state index contributed by atoms with van der Waals surface area (Å²) in [5.41, 5.74) is 0. The lowest BCUT2D eigenvalue weighted by atomic mass is 10.0. The van der Waals surface area contributed by atoms with E-state index in [1.54, 1.807) is 0 Å². The van der Waals surface area contributed by atoms with Crippen LogP contribution in [0.3, 0.4) is 0 Å². The Morgan fingerprint density at radius 2 is 0.667 bits per heavy atom. The Labute approximate surface area is 469 Å². The molecule has 0 aromatic rings. The number of aliphatic hydroxyl groups excluding tert-OH is 2. The largest absolute Gasteiger partial charge is 0.466 e. The first-order valence-electron chi connectivity index (χ1n) is 34.1. The molecule has 2 unspecified atom stereocenters. The molecule has 444 valence electrons. The molecule has 0 saturated carbocycles. The van der Waals surface area contributed by atoms with Crippen molar-refractivity contribution in [2.45, 2.75) is 392 Å². The summed E-state index contributed by atoms with van der Waals surface area (Å²) in [5.74, 6) is -0.0155. The van der Waals surface area contributed by atoms with Crippen molar-refractivity contribution in [1.82, 2.24) is 5.32 Å². The Balaban J connectivity index is 3.35. The van der Waals surface area contributed by atoms with E-state index >= 15 is 0 Å². The monoisotopic (exact) mass is 1060 g/mol. The number of hydrogen-bond acceptors (Lipinski definition) is 5. The van der Waals surface area contributed by atoms with Gasteiger partial charge in [0.1, 0.15) is 0 Å². The number of carbonyl (C=O) groups is 2. The Morgan fingerprint density at radius 3 is 1.01 bits per heavy atom. The zero-order valence-electron chi connectivity index (χ0n) is 50.8. The first kappa shape index (κ1) is 73.3. The number of aliphatic hydroxyl groups is 2. The molecule has 6 nitrogen and oxygen atoms in total. The van der Waals surface area contributed by atoms with Gasteiger partial charge < -0.3 is 20.3 Å². The third kappa shape index (κ3) is 61.4. The Morgan fingerprint density at radius 1 is 0.373 bits per heavy atom. The fourth-order valence-electron chi connectivity index (χ4n) is 10.8. The van der Waals surface area contributed by atoms with Gasteiger partial charge in [0.25, 0.3) is 0 Å². The van der Waals surface area contributed by atoms with Crippen molar-refractivity contribution in [3.8, 4) is 0 Å². The fourth-order valence-corrected chi connectivity index (χ4v) is 10.8. The van der Waals surface area contributed by atoms with Crippen LogP contribution in [0.25, 0.3) is 0 Å². The second kappa shape index (κ2) is 64.9. The molecule has 0 aliphatic heterocycles. The van der Waals surface area contributed by atoms with Crippen molar-refractivity contribution in [2.24, 2.45) is 0 Å². The first-order valence-corrected chi connectivity index (χ1v) is 34.1. The average molecular weight is 1060 g/mol. The molecule has 0 aromatic heterocycles. The molecule has 2 atom stereocenters. The van der Waals surface area contributed by atoms with Gasteiger partial charge in [-0.2, -0.15) is 0 Å². The van der Waals surface area contributed by atoms with E-state index in [1.807, 2.05) is 0 Å². The van der Waals surface area contributed by atoms with Crippen molar-refractivity contribution in [2.75, 3.05) is 13.2 Å². The van der Waals surface area contributed by atoms with E-state index in [1.165, 1.54) is 302 Å². The molecule has 0 radical (unpaired) electrons. The maximum atomic E-state index is 12.5. The van der Waals surface area contributed by atoms with Crippen LogP contribution in [-0.2, 0) is 14.3 Å². The highest BCUT2D eigenvalue weighted by atomic mass is 16.5. The third-order valence-corrected chi connectivity index (χ3v) is 16.0. The highest BCUT2D eigenvalue weighted by molar-refractivity contribution is 5.76. The van der Waals surface area contributed by atoms with Crippen LogP contribution < -0.4 is 5.32 Å². The molecule has 0 aliphatic carbocycles. The topological polar surface area (TPSA) is 95.9 Å². The molecule has 0 bridgehead atoms. The van der Waals surface area contributed by atoms with Crippen LogP contribution in [-0.4, -0.2) is 47.4 Å². The number of rotatable bonds is 64. The van der Waals surface area contributed by atoms with Crippen LogP contribution >= 0.6 is 0 Å². The second-order valence-corrected chi connectivity index (χ2v) is 23.5. The number of amides is 1. The molecule has 0 heterocycles. The maximum absolute atomic E-state index is 12.5. The van der Waals surface area contributed by atoms with Crippen molar-refractivity contribution in [3.05, 3.63) is 24.3 Å². The lowest BCUT2D eigenvalue weighted by molar-refractivity contribution is -0.143. The standard InChI is InChI=1S/C69H133NO5/c1-3-5-7-9-11-13-15-16-39-43-47-51-55-59-63-69(74)75-64-60-56-52-48-44-40-37-35-33-31-29-27-25-23-21-19-17-18-20-22-24-26-28-30-32-34-36-38-42-46-50-54-58-62-68(73)70-66(65-71)67(72)61-57-53-49-45-41-14-12-10-8-6-4-2/h21,23,27,29,66-67,71-72H,3-20,22,24-26,28,30-65H2,1-2H3,(H,70,73)/b23-21-,29-27-. The highest BCUT2D eigenvalue weighted by Crippen LogP contribution is 2.18. The Kier molecular flexibility index (Phi) is 63.4. The smallest absolute Gasteiger partial charge is 0.305 e. The minimum Gasteiger partial charge on any atom is -0.466 e. The van der Waals surface area contributed by atoms with Gasteiger partial charge in [-0.1, -0.05) is 334 Å². The number of esters is 1. The number of nitrogens with one attached hydrogen (secondary N) is 1. The lowest BCUT2D eigenvalue weighted by Gasteiger charge is -2.22. The fraction of sp³-hybridized carbons (Fsp3) is 0.913. The second-order valence-electron chi connectivity index (χ2n) is 23.5. The quantitative estimate of drug-likeness (QED) is 0.0320. The first-order chi connectivity index (χ1) is 37.0. The van der Waals surface area contributed by atoms with Gasteiger partial charge in [-0.05, 0) is 57.8 Å². The van der Waals surface area contributed by atoms with Crippen LogP contribution in [0.1, 0.15) is 380 Å². The number of allylic oxidation sites excluding steroid dienone is 4. The van der Waals surface area contributed by atoms with Crippen LogP contribution in [0.2, 0.25) is 0 Å². The molecule has 0 saturated heterocycles. The zero-order chi connectivity index (χ0) is 54.3. The van der Waals surface area contributed by atoms with E-state index in [2.05, 4.69) is 43.5 Å². The lowest BCUT2D eigenvalue weighted by Crippen LogP contribution is -2.45. The van der Waals surface area contributed by atoms with Crippen LogP contribution in [0.5, 0.6) is 0 Å². The van der Waals surface area contributed by atoms with Gasteiger partial charge in [0.2, 0.25) is 5.91 Å². The summed E-state index contributed by atoms with van der Waals surface area (Å²) in [5, 5.41) is 23.2. The molecule has 0 aromatic carbocycles. The van der Waals surface area contributed by atoms with Gasteiger partial charge in [-0.3, -0.25) is 9.59 Å². The summed E-state index contributed by atoms with van der Waals surface area (Å²) in [6, 6.07) is -0.538. The van der Waals surface area contributed by atoms with Crippen molar-refractivity contribution in [1.29, 1.82) is 0 Å². The zero-order valence-corrected chi connectivity index (χ0v) is 50.8. The molecular weight excluding hydrogens is 923 g/mol. The van der Waals surface area contributed by atoms with E-state index in [9.17, 15) is 19.8 Å². The van der Waals surface area contributed by atoms with E-state index in [0.29, 0.717) is 25.9 Å². The van der Waals surface area contributed by atoms with E-state index in [4.69, 9.17) is 4.74 Å². The number of hydrogen-bond donors (Lipinski definition) is 3. The van der Waals surface area contributed by atoms with Gasteiger partial charge in [0.05, 0.1) is 25.4 Å². The molecule has 75 heavy (non-hydrogen) atoms. The summed E-state index contributed by atoms with van der Waals surface area (Å²) in [6.07, 6.45) is 80.9. The average Bonchev–Trinajstić information content (AvgIpc) is 3.41. The number of carbonyl (C=O) groups excluding carboxylic acids is 2. The molecule has 6 heteroatoms. The van der Waals surface area contributed by atoms with Crippen molar-refractivity contribution >= 4 is 11.9 Å². The van der Waals surface area contributed by atoms with E-state index < -0.39 is 12.1 Å². The molecular formula is C69H133NO5. The third-order valence-electron chi connectivity index (χ3n) is 16.0. The normalized spacial score (nSPS) is 12.6.